The van der Waals surface area contributed by atoms with E-state index >= 15 is 0 Å². The van der Waals surface area contributed by atoms with Crippen LogP contribution in [0.4, 0.5) is 4.79 Å². The van der Waals surface area contributed by atoms with Crippen LogP contribution in [-0.4, -0.2) is 33.5 Å². The standard InChI is InChI=1S/C15H18N4O2S3/c1-9(2)16-13(21)17-12(20)8-23-14-18-19(15(22)24-14)11-7-5-4-6-10(11)3/h4-7,9H,8H2,1-3H3,(H2,16,17,20,21). The van der Waals surface area contributed by atoms with Gasteiger partial charge in [-0.1, -0.05) is 41.3 Å². The first-order chi connectivity index (χ1) is 11.4. The Kier molecular flexibility index (Phi) is 6.52. The van der Waals surface area contributed by atoms with Crippen molar-refractivity contribution in [3.05, 3.63) is 33.8 Å². The molecule has 1 aromatic carbocycles. The molecule has 1 heterocycles. The third kappa shape index (κ3) is 5.15. The Balaban J connectivity index is 1.99. The number of para-hydroxylation sites is 1. The summed E-state index contributed by atoms with van der Waals surface area (Å²) in [7, 11) is 0. The number of carbonyl (C=O) groups excluding carboxylic acids is 2. The van der Waals surface area contributed by atoms with Crippen LogP contribution in [0.2, 0.25) is 0 Å². The maximum absolute atomic E-state index is 11.8. The van der Waals surface area contributed by atoms with E-state index < -0.39 is 6.03 Å². The maximum atomic E-state index is 11.8. The second-order valence-corrected chi connectivity index (χ2v) is 8.14. The van der Waals surface area contributed by atoms with Crippen LogP contribution in [0, 0.1) is 10.9 Å². The monoisotopic (exact) mass is 382 g/mol. The molecule has 0 saturated carbocycles. The lowest BCUT2D eigenvalue weighted by Gasteiger charge is -2.08. The van der Waals surface area contributed by atoms with Gasteiger partial charge < -0.3 is 5.32 Å². The largest absolute Gasteiger partial charge is 0.336 e. The minimum atomic E-state index is -0.492. The number of urea groups is 1. The van der Waals surface area contributed by atoms with Crippen molar-refractivity contribution in [3.8, 4) is 5.69 Å². The topological polar surface area (TPSA) is 76.0 Å². The van der Waals surface area contributed by atoms with Crippen LogP contribution in [0.3, 0.4) is 0 Å². The van der Waals surface area contributed by atoms with Crippen molar-refractivity contribution >= 4 is 47.3 Å². The molecule has 2 N–H and O–H groups in total. The van der Waals surface area contributed by atoms with Crippen LogP contribution in [0.15, 0.2) is 28.6 Å². The quantitative estimate of drug-likeness (QED) is 0.613. The second kappa shape index (κ2) is 8.41. The van der Waals surface area contributed by atoms with Gasteiger partial charge >= 0.3 is 6.03 Å². The molecule has 0 spiro atoms. The summed E-state index contributed by atoms with van der Waals surface area (Å²) in [4.78, 5) is 23.2. The van der Waals surface area contributed by atoms with E-state index in [-0.39, 0.29) is 17.7 Å². The van der Waals surface area contributed by atoms with Gasteiger partial charge in [-0.3, -0.25) is 10.1 Å². The molecule has 0 radical (unpaired) electrons. The average Bonchev–Trinajstić information content (AvgIpc) is 2.85. The number of nitrogens with zero attached hydrogens (tertiary/aromatic N) is 2. The first-order valence-corrected chi connectivity index (χ1v) is 9.47. The van der Waals surface area contributed by atoms with Crippen molar-refractivity contribution < 1.29 is 9.59 Å². The fourth-order valence-electron chi connectivity index (χ4n) is 1.86. The molecule has 2 aromatic rings. The van der Waals surface area contributed by atoms with E-state index in [1.807, 2.05) is 45.0 Å². The van der Waals surface area contributed by atoms with E-state index in [1.165, 1.54) is 23.1 Å². The molecule has 1 aromatic heterocycles. The Morgan fingerprint density at radius 2 is 2.08 bits per heavy atom. The fourth-order valence-corrected chi connectivity index (χ4v) is 4.01. The van der Waals surface area contributed by atoms with Gasteiger partial charge in [0.15, 0.2) is 8.29 Å². The van der Waals surface area contributed by atoms with Crippen molar-refractivity contribution in [2.45, 2.75) is 31.2 Å². The van der Waals surface area contributed by atoms with Crippen molar-refractivity contribution in [3.63, 3.8) is 0 Å². The molecule has 2 rings (SSSR count). The number of aromatic nitrogens is 2. The van der Waals surface area contributed by atoms with Gasteiger partial charge in [0.1, 0.15) is 0 Å². The van der Waals surface area contributed by atoms with Crippen LogP contribution in [0.25, 0.3) is 5.69 Å². The molecular weight excluding hydrogens is 364 g/mol. The lowest BCUT2D eigenvalue weighted by molar-refractivity contribution is -0.117. The molecule has 0 aliphatic rings. The molecule has 0 saturated heterocycles. The van der Waals surface area contributed by atoms with E-state index in [0.717, 1.165) is 11.3 Å². The number of hydrogen-bond acceptors (Lipinski definition) is 6. The van der Waals surface area contributed by atoms with Crippen LogP contribution in [0.1, 0.15) is 19.4 Å². The molecule has 0 fully saturated rings. The second-order valence-electron chi connectivity index (χ2n) is 5.30. The third-order valence-corrected chi connectivity index (χ3v) is 5.24. The number of rotatable bonds is 5. The summed E-state index contributed by atoms with van der Waals surface area (Å²) in [5, 5.41) is 9.33. The van der Waals surface area contributed by atoms with Gasteiger partial charge in [-0.05, 0) is 44.6 Å². The summed E-state index contributed by atoms with van der Waals surface area (Å²) in [6.45, 7) is 5.64. The van der Waals surface area contributed by atoms with Gasteiger partial charge in [-0.25, -0.2) is 9.48 Å². The average molecular weight is 383 g/mol. The Morgan fingerprint density at radius 3 is 2.75 bits per heavy atom. The van der Waals surface area contributed by atoms with Crippen molar-refractivity contribution in [1.82, 2.24) is 20.4 Å². The molecule has 0 unspecified atom stereocenters. The van der Waals surface area contributed by atoms with E-state index in [1.54, 1.807) is 4.68 Å². The molecular formula is C15H18N4O2S3. The van der Waals surface area contributed by atoms with E-state index in [9.17, 15) is 9.59 Å². The summed E-state index contributed by atoms with van der Waals surface area (Å²) in [5.41, 5.74) is 1.99. The van der Waals surface area contributed by atoms with Crippen molar-refractivity contribution in [1.29, 1.82) is 0 Å². The molecule has 0 aliphatic heterocycles. The van der Waals surface area contributed by atoms with Gasteiger partial charge in [0, 0.05) is 6.04 Å². The minimum absolute atomic E-state index is 0.0275. The number of carbonyl (C=O) groups is 2. The lowest BCUT2D eigenvalue weighted by atomic mass is 10.2. The number of thioether (sulfide) groups is 1. The van der Waals surface area contributed by atoms with E-state index in [2.05, 4.69) is 15.7 Å². The highest BCUT2D eigenvalue weighted by molar-refractivity contribution is 8.01. The molecule has 0 atom stereocenters. The normalized spacial score (nSPS) is 10.7. The third-order valence-electron chi connectivity index (χ3n) is 2.87. The summed E-state index contributed by atoms with van der Waals surface area (Å²) >= 11 is 7.94. The van der Waals surface area contributed by atoms with Crippen molar-refractivity contribution in [2.24, 2.45) is 0 Å². The SMILES string of the molecule is Cc1ccccc1-n1nc(SCC(=O)NC(=O)NC(C)C)sc1=S. The predicted molar refractivity (Wildman–Crippen MR) is 99.5 cm³/mol. The van der Waals surface area contributed by atoms with Crippen molar-refractivity contribution in [2.75, 3.05) is 5.75 Å². The van der Waals surface area contributed by atoms with Gasteiger partial charge in [0.2, 0.25) is 5.91 Å². The molecule has 9 heteroatoms. The summed E-state index contributed by atoms with van der Waals surface area (Å²) in [5.74, 6) is -0.275. The number of nitrogens with one attached hydrogen (secondary N) is 2. The van der Waals surface area contributed by atoms with Gasteiger partial charge in [0.25, 0.3) is 0 Å². The molecule has 6 nitrogen and oxygen atoms in total. The number of amides is 3. The molecule has 128 valence electrons. The molecule has 0 aliphatic carbocycles. The van der Waals surface area contributed by atoms with Gasteiger partial charge in [0.05, 0.1) is 11.4 Å². The number of aryl methyl sites for hydroxylation is 1. The molecule has 24 heavy (non-hydrogen) atoms. The zero-order chi connectivity index (χ0) is 17.7. The highest BCUT2D eigenvalue weighted by Crippen LogP contribution is 2.24. The molecule has 3 amide bonds. The predicted octanol–water partition coefficient (Wildman–Crippen LogP) is 3.30. The first kappa shape index (κ1) is 18.6. The van der Waals surface area contributed by atoms with Crippen LogP contribution >= 0.6 is 35.3 Å². The van der Waals surface area contributed by atoms with Crippen LogP contribution in [-0.2, 0) is 4.79 Å². The molecule has 0 bridgehead atoms. The highest BCUT2D eigenvalue weighted by Gasteiger charge is 2.12. The Bertz CT molecular complexity index is 798. The van der Waals surface area contributed by atoms with E-state index in [0.29, 0.717) is 8.29 Å². The Hall–Kier alpha value is -1.71. The lowest BCUT2D eigenvalue weighted by Crippen LogP contribution is -2.43. The Labute approximate surface area is 153 Å². The minimum Gasteiger partial charge on any atom is -0.336 e. The summed E-state index contributed by atoms with van der Waals surface area (Å²) < 4.78 is 2.99. The van der Waals surface area contributed by atoms with Gasteiger partial charge in [-0.2, -0.15) is 0 Å². The maximum Gasteiger partial charge on any atom is 0.321 e. The van der Waals surface area contributed by atoms with Crippen LogP contribution < -0.4 is 10.6 Å². The van der Waals surface area contributed by atoms with E-state index in [4.69, 9.17) is 12.2 Å². The zero-order valence-corrected chi connectivity index (χ0v) is 16.0. The highest BCUT2D eigenvalue weighted by atomic mass is 32.2. The fraction of sp³-hybridized carbons (Fsp3) is 0.333. The zero-order valence-electron chi connectivity index (χ0n) is 13.5. The van der Waals surface area contributed by atoms with Crippen LogP contribution in [0.5, 0.6) is 0 Å². The number of hydrogen-bond donors (Lipinski definition) is 2. The smallest absolute Gasteiger partial charge is 0.321 e. The Morgan fingerprint density at radius 1 is 1.38 bits per heavy atom. The summed E-state index contributed by atoms with van der Waals surface area (Å²) in [6, 6.07) is 7.30. The van der Waals surface area contributed by atoms with Gasteiger partial charge in [-0.15, -0.1) is 5.10 Å². The summed E-state index contributed by atoms with van der Waals surface area (Å²) in [6.07, 6.45) is 0. The number of benzene rings is 1. The number of imide groups is 1. The first-order valence-electron chi connectivity index (χ1n) is 7.26.